The number of hydrogen-bond donors (Lipinski definition) is 2. The molecule has 20 heavy (non-hydrogen) atoms. The van der Waals surface area contributed by atoms with Gasteiger partial charge in [0.15, 0.2) is 0 Å². The number of benzene rings is 2. The van der Waals surface area contributed by atoms with E-state index in [1.165, 1.54) is 0 Å². The highest BCUT2D eigenvalue weighted by molar-refractivity contribution is 9.10. The van der Waals surface area contributed by atoms with Crippen molar-refractivity contribution in [3.05, 3.63) is 63.1 Å². The van der Waals surface area contributed by atoms with Crippen LogP contribution in [0.15, 0.2) is 46.9 Å². The van der Waals surface area contributed by atoms with Crippen LogP contribution in [-0.2, 0) is 0 Å². The summed E-state index contributed by atoms with van der Waals surface area (Å²) < 4.78 is 0.724. The van der Waals surface area contributed by atoms with Gasteiger partial charge in [-0.15, -0.1) is 0 Å². The Balaban J connectivity index is 2.14. The van der Waals surface area contributed by atoms with Gasteiger partial charge in [0, 0.05) is 21.3 Å². The fraction of sp³-hybridized carbons (Fsp3) is 0. The zero-order valence-electron chi connectivity index (χ0n) is 10.2. The Morgan fingerprint density at radius 1 is 1.05 bits per heavy atom. The van der Waals surface area contributed by atoms with E-state index in [0.717, 1.165) is 4.47 Å². The maximum absolute atomic E-state index is 12.0. The van der Waals surface area contributed by atoms with E-state index in [-0.39, 0.29) is 5.91 Å². The number of nitrogens with one attached hydrogen (secondary N) is 1. The van der Waals surface area contributed by atoms with E-state index >= 15 is 0 Å². The van der Waals surface area contributed by atoms with Crippen LogP contribution in [0.1, 0.15) is 20.7 Å². The van der Waals surface area contributed by atoms with Gasteiger partial charge >= 0.3 is 0 Å². The van der Waals surface area contributed by atoms with Crippen LogP contribution in [0.4, 0.5) is 5.69 Å². The summed E-state index contributed by atoms with van der Waals surface area (Å²) in [7, 11) is 0. The van der Waals surface area contributed by atoms with E-state index in [1.54, 1.807) is 42.5 Å². The van der Waals surface area contributed by atoms with E-state index in [9.17, 15) is 9.59 Å². The van der Waals surface area contributed by atoms with Crippen LogP contribution in [0, 0.1) is 0 Å². The van der Waals surface area contributed by atoms with Crippen LogP contribution in [0.3, 0.4) is 0 Å². The van der Waals surface area contributed by atoms with Crippen molar-refractivity contribution < 1.29 is 9.59 Å². The highest BCUT2D eigenvalue weighted by Gasteiger charge is 2.08. The summed E-state index contributed by atoms with van der Waals surface area (Å²) in [6, 6.07) is 11.2. The van der Waals surface area contributed by atoms with Crippen molar-refractivity contribution in [2.45, 2.75) is 0 Å². The molecule has 0 bridgehead atoms. The molecule has 0 aromatic heterocycles. The third kappa shape index (κ3) is 3.37. The number of amides is 2. The van der Waals surface area contributed by atoms with Crippen molar-refractivity contribution in [1.82, 2.24) is 0 Å². The lowest BCUT2D eigenvalue weighted by molar-refractivity contribution is 0.0998. The first kappa shape index (κ1) is 14.6. The van der Waals surface area contributed by atoms with Crippen LogP contribution in [0.5, 0.6) is 0 Å². The van der Waals surface area contributed by atoms with Gasteiger partial charge < -0.3 is 11.1 Å². The molecular weight excluding hydrogens is 344 g/mol. The maximum Gasteiger partial charge on any atom is 0.255 e. The normalized spacial score (nSPS) is 10.1. The summed E-state index contributed by atoms with van der Waals surface area (Å²) in [4.78, 5) is 23.0. The molecule has 0 aliphatic carbocycles. The zero-order valence-corrected chi connectivity index (χ0v) is 12.5. The minimum Gasteiger partial charge on any atom is -0.366 e. The molecule has 0 heterocycles. The molecule has 2 aromatic rings. The number of carbonyl (C=O) groups is 2. The SMILES string of the molecule is NC(=O)c1ccc(NC(=O)c2ccc(Br)c(Cl)c2)cc1. The van der Waals surface area contributed by atoms with Crippen molar-refractivity contribution in [3.63, 3.8) is 0 Å². The zero-order chi connectivity index (χ0) is 14.7. The summed E-state index contributed by atoms with van der Waals surface area (Å²) in [5.41, 5.74) is 6.54. The largest absolute Gasteiger partial charge is 0.366 e. The minimum atomic E-state index is -0.512. The van der Waals surface area contributed by atoms with Gasteiger partial charge in [-0.05, 0) is 58.4 Å². The van der Waals surface area contributed by atoms with Gasteiger partial charge in [-0.3, -0.25) is 9.59 Å². The highest BCUT2D eigenvalue weighted by Crippen LogP contribution is 2.23. The molecule has 6 heteroatoms. The molecule has 2 rings (SSSR count). The molecule has 0 saturated heterocycles. The molecule has 0 aliphatic rings. The van der Waals surface area contributed by atoms with Crippen LogP contribution in [0.25, 0.3) is 0 Å². The fourth-order valence-electron chi connectivity index (χ4n) is 1.56. The number of anilines is 1. The molecular formula is C14H10BrClN2O2. The maximum atomic E-state index is 12.0. The van der Waals surface area contributed by atoms with E-state index in [4.69, 9.17) is 17.3 Å². The molecule has 4 nitrogen and oxygen atoms in total. The Morgan fingerprint density at radius 3 is 2.20 bits per heavy atom. The lowest BCUT2D eigenvalue weighted by Gasteiger charge is -2.06. The van der Waals surface area contributed by atoms with E-state index in [1.807, 2.05) is 0 Å². The predicted octanol–water partition coefficient (Wildman–Crippen LogP) is 3.45. The smallest absolute Gasteiger partial charge is 0.255 e. The second-order valence-corrected chi connectivity index (χ2v) is 5.29. The molecule has 3 N–H and O–H groups in total. The van der Waals surface area contributed by atoms with Crippen molar-refractivity contribution in [1.29, 1.82) is 0 Å². The first-order valence-electron chi connectivity index (χ1n) is 5.63. The predicted molar refractivity (Wildman–Crippen MR) is 82.1 cm³/mol. The fourth-order valence-corrected chi connectivity index (χ4v) is 1.99. The van der Waals surface area contributed by atoms with Gasteiger partial charge in [0.2, 0.25) is 5.91 Å². The third-order valence-corrected chi connectivity index (χ3v) is 3.84. The monoisotopic (exact) mass is 352 g/mol. The van der Waals surface area contributed by atoms with E-state index < -0.39 is 5.91 Å². The molecule has 0 atom stereocenters. The average molecular weight is 354 g/mol. The van der Waals surface area contributed by atoms with Crippen molar-refractivity contribution >= 4 is 45.0 Å². The Hall–Kier alpha value is -1.85. The van der Waals surface area contributed by atoms with Gasteiger partial charge in [0.1, 0.15) is 0 Å². The Labute approximate surface area is 129 Å². The Kier molecular flexibility index (Phi) is 4.42. The molecule has 0 unspecified atom stereocenters. The van der Waals surface area contributed by atoms with Crippen LogP contribution < -0.4 is 11.1 Å². The molecule has 0 saturated carbocycles. The van der Waals surface area contributed by atoms with E-state index in [2.05, 4.69) is 21.2 Å². The van der Waals surface area contributed by atoms with Crippen LogP contribution in [-0.4, -0.2) is 11.8 Å². The molecule has 0 radical (unpaired) electrons. The molecule has 0 aliphatic heterocycles. The van der Waals surface area contributed by atoms with Gasteiger partial charge in [-0.1, -0.05) is 11.6 Å². The van der Waals surface area contributed by atoms with Gasteiger partial charge in [-0.25, -0.2) is 0 Å². The lowest BCUT2D eigenvalue weighted by Crippen LogP contribution is -2.13. The average Bonchev–Trinajstić information content (AvgIpc) is 2.42. The van der Waals surface area contributed by atoms with Crippen molar-refractivity contribution in [3.8, 4) is 0 Å². The highest BCUT2D eigenvalue weighted by atomic mass is 79.9. The lowest BCUT2D eigenvalue weighted by atomic mass is 10.2. The first-order valence-corrected chi connectivity index (χ1v) is 6.81. The summed E-state index contributed by atoms with van der Waals surface area (Å²) in [6.07, 6.45) is 0. The molecule has 2 aromatic carbocycles. The topological polar surface area (TPSA) is 72.2 Å². The number of rotatable bonds is 3. The first-order chi connectivity index (χ1) is 9.47. The third-order valence-electron chi connectivity index (χ3n) is 2.61. The van der Waals surface area contributed by atoms with Crippen LogP contribution >= 0.6 is 27.5 Å². The van der Waals surface area contributed by atoms with Gasteiger partial charge in [0.05, 0.1) is 5.02 Å². The molecule has 102 valence electrons. The number of hydrogen-bond acceptors (Lipinski definition) is 2. The number of nitrogens with two attached hydrogens (primary N) is 1. The second kappa shape index (κ2) is 6.07. The summed E-state index contributed by atoms with van der Waals surface area (Å²) in [5.74, 6) is -0.797. The Bertz CT molecular complexity index is 671. The second-order valence-electron chi connectivity index (χ2n) is 4.02. The summed E-state index contributed by atoms with van der Waals surface area (Å²) in [6.45, 7) is 0. The molecule has 2 amide bonds. The number of primary amides is 1. The van der Waals surface area contributed by atoms with Gasteiger partial charge in [0.25, 0.3) is 5.91 Å². The standard InChI is InChI=1S/C14H10BrClN2O2/c15-11-6-3-9(7-12(11)16)14(20)18-10-4-1-8(2-5-10)13(17)19/h1-7H,(H2,17,19)(H,18,20). The van der Waals surface area contributed by atoms with Crippen molar-refractivity contribution in [2.75, 3.05) is 5.32 Å². The quantitative estimate of drug-likeness (QED) is 0.887. The summed E-state index contributed by atoms with van der Waals surface area (Å²) >= 11 is 9.20. The van der Waals surface area contributed by atoms with Gasteiger partial charge in [-0.2, -0.15) is 0 Å². The van der Waals surface area contributed by atoms with Crippen molar-refractivity contribution in [2.24, 2.45) is 5.73 Å². The summed E-state index contributed by atoms with van der Waals surface area (Å²) in [5, 5.41) is 3.17. The molecule has 0 fully saturated rings. The minimum absolute atomic E-state index is 0.286. The van der Waals surface area contributed by atoms with E-state index in [0.29, 0.717) is 21.8 Å². The Morgan fingerprint density at radius 2 is 1.65 bits per heavy atom. The van der Waals surface area contributed by atoms with Crippen LogP contribution in [0.2, 0.25) is 5.02 Å². The molecule has 0 spiro atoms. The number of halogens is 2. The number of carbonyl (C=O) groups excluding carboxylic acids is 2.